The molecule has 0 radical (unpaired) electrons. The van der Waals surface area contributed by atoms with Crippen LogP contribution in [-0.4, -0.2) is 32.8 Å². The van der Waals surface area contributed by atoms with Crippen molar-refractivity contribution in [2.75, 3.05) is 13.1 Å². The van der Waals surface area contributed by atoms with Crippen molar-refractivity contribution < 1.29 is 0 Å². The van der Waals surface area contributed by atoms with E-state index in [2.05, 4.69) is 51.4 Å². The highest BCUT2D eigenvalue weighted by atomic mass is 15.3. The molecule has 1 aliphatic heterocycles. The van der Waals surface area contributed by atoms with Crippen molar-refractivity contribution in [2.24, 2.45) is 7.05 Å². The van der Waals surface area contributed by atoms with E-state index in [1.54, 1.807) is 0 Å². The molecule has 1 N–H and O–H groups in total. The molecule has 3 heterocycles. The fraction of sp³-hybridized carbons (Fsp3) is 0.421. The zero-order valence-electron chi connectivity index (χ0n) is 13.7. The Kier molecular flexibility index (Phi) is 3.92. The predicted molar refractivity (Wildman–Crippen MR) is 93.4 cm³/mol. The summed E-state index contributed by atoms with van der Waals surface area (Å²) in [5.41, 5.74) is 3.93. The van der Waals surface area contributed by atoms with Crippen molar-refractivity contribution in [1.29, 1.82) is 0 Å². The molecule has 3 aromatic rings. The first kappa shape index (κ1) is 14.5. The Morgan fingerprint density at radius 3 is 2.96 bits per heavy atom. The van der Waals surface area contributed by atoms with Crippen molar-refractivity contribution in [3.05, 3.63) is 54.0 Å². The molecule has 2 aromatic heterocycles. The Hall–Kier alpha value is -2.07. The third-order valence-corrected chi connectivity index (χ3v) is 5.10. The third kappa shape index (κ3) is 2.91. The lowest BCUT2D eigenvalue weighted by Gasteiger charge is -2.35. The van der Waals surface area contributed by atoms with Crippen molar-refractivity contribution in [3.63, 3.8) is 0 Å². The van der Waals surface area contributed by atoms with Gasteiger partial charge in [-0.2, -0.15) is 5.10 Å². The lowest BCUT2D eigenvalue weighted by molar-refractivity contribution is 0.147. The van der Waals surface area contributed by atoms with Gasteiger partial charge < -0.3 is 4.98 Å². The van der Waals surface area contributed by atoms with Crippen molar-refractivity contribution in [3.8, 4) is 0 Å². The number of rotatable bonds is 4. The van der Waals surface area contributed by atoms with Gasteiger partial charge >= 0.3 is 0 Å². The van der Waals surface area contributed by atoms with Gasteiger partial charge in [-0.15, -0.1) is 0 Å². The molecule has 4 rings (SSSR count). The van der Waals surface area contributed by atoms with Crippen molar-refractivity contribution in [2.45, 2.75) is 31.7 Å². The SMILES string of the molecule is Cn1nccc1CCN1CCCC[C@H]1c1cc2ccccc2[nH]1. The molecule has 1 atom stereocenters. The molecule has 1 aromatic carbocycles. The fourth-order valence-corrected chi connectivity index (χ4v) is 3.79. The molecule has 1 saturated heterocycles. The molecule has 0 aliphatic carbocycles. The maximum absolute atomic E-state index is 4.28. The van der Waals surface area contributed by atoms with Gasteiger partial charge in [-0.1, -0.05) is 24.6 Å². The van der Waals surface area contributed by atoms with Crippen LogP contribution in [0.2, 0.25) is 0 Å². The molecule has 1 aliphatic rings. The molecule has 4 heteroatoms. The highest BCUT2D eigenvalue weighted by molar-refractivity contribution is 5.80. The predicted octanol–water partition coefficient (Wildman–Crippen LogP) is 3.67. The van der Waals surface area contributed by atoms with Crippen LogP contribution >= 0.6 is 0 Å². The Morgan fingerprint density at radius 1 is 1.22 bits per heavy atom. The monoisotopic (exact) mass is 308 g/mol. The van der Waals surface area contributed by atoms with Crippen LogP contribution in [-0.2, 0) is 13.5 Å². The second-order valence-corrected chi connectivity index (χ2v) is 6.56. The lowest BCUT2D eigenvalue weighted by Crippen LogP contribution is -2.35. The van der Waals surface area contributed by atoms with Crippen LogP contribution in [0, 0.1) is 0 Å². The summed E-state index contributed by atoms with van der Waals surface area (Å²) >= 11 is 0. The van der Waals surface area contributed by atoms with E-state index in [-0.39, 0.29) is 0 Å². The Labute approximate surface area is 137 Å². The molecule has 0 spiro atoms. The minimum atomic E-state index is 0.518. The number of aromatic nitrogens is 3. The van der Waals surface area contributed by atoms with E-state index >= 15 is 0 Å². The number of hydrogen-bond donors (Lipinski definition) is 1. The largest absolute Gasteiger partial charge is 0.357 e. The van der Waals surface area contributed by atoms with Gasteiger partial charge in [-0.25, -0.2) is 0 Å². The Bertz CT molecular complexity index is 752. The summed E-state index contributed by atoms with van der Waals surface area (Å²) < 4.78 is 1.99. The maximum atomic E-state index is 4.28. The molecule has 4 nitrogen and oxygen atoms in total. The van der Waals surface area contributed by atoms with E-state index < -0.39 is 0 Å². The number of nitrogens with one attached hydrogen (secondary N) is 1. The number of hydrogen-bond acceptors (Lipinski definition) is 2. The zero-order valence-corrected chi connectivity index (χ0v) is 13.7. The number of H-pyrrole nitrogens is 1. The first-order valence-electron chi connectivity index (χ1n) is 8.60. The summed E-state index contributed by atoms with van der Waals surface area (Å²) in [6.45, 7) is 2.29. The quantitative estimate of drug-likeness (QED) is 0.798. The second-order valence-electron chi connectivity index (χ2n) is 6.56. The van der Waals surface area contributed by atoms with Crippen molar-refractivity contribution >= 4 is 10.9 Å². The summed E-state index contributed by atoms with van der Waals surface area (Å²) in [6, 6.07) is 13.6. The van der Waals surface area contributed by atoms with Crippen LogP contribution in [0.15, 0.2) is 42.6 Å². The first-order chi connectivity index (χ1) is 11.3. The standard InChI is InChI=1S/C19H24N4/c1-22-16(9-11-20-22)10-13-23-12-5-4-8-19(23)18-14-15-6-2-3-7-17(15)21-18/h2-3,6-7,9,11,14,19,21H,4-5,8,10,12-13H2,1H3/t19-/m0/s1. The van der Waals surface area contributed by atoms with Gasteiger partial charge in [0.05, 0.1) is 0 Å². The molecule has 0 saturated carbocycles. The topological polar surface area (TPSA) is 36.9 Å². The van der Waals surface area contributed by atoms with Gasteiger partial charge in [0, 0.05) is 49.2 Å². The average Bonchev–Trinajstić information content (AvgIpc) is 3.19. The molecule has 23 heavy (non-hydrogen) atoms. The van der Waals surface area contributed by atoms with Gasteiger partial charge in [-0.3, -0.25) is 9.58 Å². The van der Waals surface area contributed by atoms with Crippen LogP contribution in [0.1, 0.15) is 36.7 Å². The van der Waals surface area contributed by atoms with E-state index in [9.17, 15) is 0 Å². The Balaban J connectivity index is 1.54. The molecule has 1 fully saturated rings. The average molecular weight is 308 g/mol. The number of benzene rings is 1. The van der Waals surface area contributed by atoms with Gasteiger partial charge in [0.2, 0.25) is 0 Å². The number of nitrogens with zero attached hydrogens (tertiary/aromatic N) is 3. The van der Waals surface area contributed by atoms with Crippen LogP contribution in [0.25, 0.3) is 10.9 Å². The number of para-hydroxylation sites is 1. The molecule has 120 valence electrons. The first-order valence-corrected chi connectivity index (χ1v) is 8.60. The summed E-state index contributed by atoms with van der Waals surface area (Å²) in [7, 11) is 2.03. The zero-order chi connectivity index (χ0) is 15.6. The van der Waals surface area contributed by atoms with Gasteiger partial charge in [0.1, 0.15) is 0 Å². The number of likely N-dealkylation sites (tertiary alicyclic amines) is 1. The highest BCUT2D eigenvalue weighted by Gasteiger charge is 2.25. The third-order valence-electron chi connectivity index (χ3n) is 5.10. The van der Waals surface area contributed by atoms with E-state index in [1.165, 1.54) is 48.1 Å². The summed E-state index contributed by atoms with van der Waals surface area (Å²) in [6.07, 6.45) is 6.83. The maximum Gasteiger partial charge on any atom is 0.0498 e. The fourth-order valence-electron chi connectivity index (χ4n) is 3.79. The van der Waals surface area contributed by atoms with Crippen LogP contribution < -0.4 is 0 Å². The van der Waals surface area contributed by atoms with Crippen LogP contribution in [0.4, 0.5) is 0 Å². The van der Waals surface area contributed by atoms with Gasteiger partial charge in [0.15, 0.2) is 0 Å². The number of aromatic amines is 1. The van der Waals surface area contributed by atoms with Crippen LogP contribution in [0.5, 0.6) is 0 Å². The minimum Gasteiger partial charge on any atom is -0.357 e. The Morgan fingerprint density at radius 2 is 2.13 bits per heavy atom. The summed E-state index contributed by atoms with van der Waals surface area (Å²) in [5.74, 6) is 0. The van der Waals surface area contributed by atoms with E-state index in [1.807, 2.05) is 17.9 Å². The summed E-state index contributed by atoms with van der Waals surface area (Å²) in [5, 5.41) is 5.60. The number of piperidine rings is 1. The molecular formula is C19H24N4. The molecule has 0 bridgehead atoms. The normalized spacial score (nSPS) is 19.4. The van der Waals surface area contributed by atoms with E-state index in [4.69, 9.17) is 0 Å². The number of aryl methyl sites for hydroxylation is 1. The molecule has 0 unspecified atom stereocenters. The second kappa shape index (κ2) is 6.20. The lowest BCUT2D eigenvalue weighted by atomic mass is 9.99. The van der Waals surface area contributed by atoms with Crippen molar-refractivity contribution in [1.82, 2.24) is 19.7 Å². The number of fused-ring (bicyclic) bond motifs is 1. The molecular weight excluding hydrogens is 284 g/mol. The van der Waals surface area contributed by atoms with Crippen LogP contribution in [0.3, 0.4) is 0 Å². The van der Waals surface area contributed by atoms with E-state index in [0.29, 0.717) is 6.04 Å². The highest BCUT2D eigenvalue weighted by Crippen LogP contribution is 2.32. The minimum absolute atomic E-state index is 0.518. The smallest absolute Gasteiger partial charge is 0.0498 e. The summed E-state index contributed by atoms with van der Waals surface area (Å²) in [4.78, 5) is 6.28. The molecule has 0 amide bonds. The van der Waals surface area contributed by atoms with E-state index in [0.717, 1.165) is 13.0 Å². The van der Waals surface area contributed by atoms with Gasteiger partial charge in [-0.05, 0) is 43.0 Å². The van der Waals surface area contributed by atoms with Gasteiger partial charge in [0.25, 0.3) is 0 Å².